The molecule has 0 radical (unpaired) electrons. The quantitative estimate of drug-likeness (QED) is 0.701. The van der Waals surface area contributed by atoms with E-state index in [-0.39, 0.29) is 11.7 Å². The van der Waals surface area contributed by atoms with Gasteiger partial charge in [-0.05, 0) is 36.4 Å². The Bertz CT molecular complexity index is 801. The predicted molar refractivity (Wildman–Crippen MR) is 103 cm³/mol. The standard InChI is InChI=1S/C18H17BrF2N2O2S/c19-12-1-4-17(23-5-7-25-8-6-23)16(9-12)22-18(24)11-26-13-2-3-14(20)15(21)10-13/h1-4,9-10H,5-8,11H2,(H,22,24). The predicted octanol–water partition coefficient (Wildman–Crippen LogP) is 4.29. The number of halogens is 3. The Morgan fingerprint density at radius 3 is 2.65 bits per heavy atom. The summed E-state index contributed by atoms with van der Waals surface area (Å²) in [7, 11) is 0. The molecular formula is C18H17BrF2N2O2S. The number of anilines is 2. The second kappa shape index (κ2) is 8.83. The van der Waals surface area contributed by atoms with E-state index in [9.17, 15) is 13.6 Å². The zero-order valence-electron chi connectivity index (χ0n) is 13.8. The molecule has 3 rings (SSSR count). The molecule has 4 nitrogen and oxygen atoms in total. The summed E-state index contributed by atoms with van der Waals surface area (Å²) in [4.78, 5) is 15.0. The Balaban J connectivity index is 1.66. The SMILES string of the molecule is O=C(CSc1ccc(F)c(F)c1)Nc1cc(Br)ccc1N1CCOCC1. The average molecular weight is 443 g/mol. The highest BCUT2D eigenvalue weighted by Crippen LogP contribution is 2.30. The van der Waals surface area contributed by atoms with Crippen LogP contribution in [0.5, 0.6) is 0 Å². The lowest BCUT2D eigenvalue weighted by molar-refractivity contribution is -0.113. The van der Waals surface area contributed by atoms with E-state index in [1.165, 1.54) is 6.07 Å². The van der Waals surface area contributed by atoms with Crippen molar-refractivity contribution < 1.29 is 18.3 Å². The summed E-state index contributed by atoms with van der Waals surface area (Å²) < 4.78 is 32.4. The van der Waals surface area contributed by atoms with E-state index in [2.05, 4.69) is 26.1 Å². The van der Waals surface area contributed by atoms with E-state index in [0.29, 0.717) is 23.8 Å². The van der Waals surface area contributed by atoms with E-state index in [4.69, 9.17) is 4.74 Å². The highest BCUT2D eigenvalue weighted by atomic mass is 79.9. The molecule has 2 aromatic carbocycles. The summed E-state index contributed by atoms with van der Waals surface area (Å²) in [6, 6.07) is 9.33. The Morgan fingerprint density at radius 1 is 1.15 bits per heavy atom. The average Bonchev–Trinajstić information content (AvgIpc) is 2.63. The second-order valence-corrected chi connectivity index (χ2v) is 7.64. The Labute approximate surface area is 163 Å². The van der Waals surface area contributed by atoms with Gasteiger partial charge in [0.2, 0.25) is 5.91 Å². The number of hydrogen-bond acceptors (Lipinski definition) is 4. The van der Waals surface area contributed by atoms with Crippen LogP contribution in [0.25, 0.3) is 0 Å². The van der Waals surface area contributed by atoms with Gasteiger partial charge in [0.05, 0.1) is 30.3 Å². The molecular weight excluding hydrogens is 426 g/mol. The number of nitrogens with zero attached hydrogens (tertiary/aromatic N) is 1. The number of carbonyl (C=O) groups excluding carboxylic acids is 1. The zero-order valence-corrected chi connectivity index (χ0v) is 16.2. The van der Waals surface area contributed by atoms with Crippen molar-refractivity contribution >= 4 is 45.0 Å². The lowest BCUT2D eigenvalue weighted by Gasteiger charge is -2.30. The van der Waals surface area contributed by atoms with Gasteiger partial charge in [-0.2, -0.15) is 0 Å². The molecule has 0 spiro atoms. The van der Waals surface area contributed by atoms with Gasteiger partial charge in [-0.25, -0.2) is 8.78 Å². The van der Waals surface area contributed by atoms with Crippen LogP contribution in [0.2, 0.25) is 0 Å². The first kappa shape index (κ1) is 19.1. The second-order valence-electron chi connectivity index (χ2n) is 5.67. The minimum absolute atomic E-state index is 0.0974. The summed E-state index contributed by atoms with van der Waals surface area (Å²) in [5.74, 6) is -1.94. The van der Waals surface area contributed by atoms with Crippen LogP contribution < -0.4 is 10.2 Å². The third kappa shape index (κ3) is 4.96. The Kier molecular flexibility index (Phi) is 6.50. The molecule has 0 saturated carbocycles. The number of ether oxygens (including phenoxy) is 1. The van der Waals surface area contributed by atoms with Crippen LogP contribution in [-0.2, 0) is 9.53 Å². The van der Waals surface area contributed by atoms with Crippen LogP contribution in [0, 0.1) is 11.6 Å². The van der Waals surface area contributed by atoms with Gasteiger partial charge in [-0.3, -0.25) is 4.79 Å². The van der Waals surface area contributed by atoms with Crippen LogP contribution in [0.15, 0.2) is 45.8 Å². The number of morpholine rings is 1. The van der Waals surface area contributed by atoms with Crippen LogP contribution in [0.1, 0.15) is 0 Å². The number of thioether (sulfide) groups is 1. The molecule has 1 aliphatic rings. The van der Waals surface area contributed by atoms with Crippen molar-refractivity contribution in [2.24, 2.45) is 0 Å². The molecule has 1 N–H and O–H groups in total. The van der Waals surface area contributed by atoms with Crippen LogP contribution in [0.3, 0.4) is 0 Å². The third-order valence-corrected chi connectivity index (χ3v) is 5.33. The largest absolute Gasteiger partial charge is 0.378 e. The minimum Gasteiger partial charge on any atom is -0.378 e. The van der Waals surface area contributed by atoms with E-state index in [1.807, 2.05) is 18.2 Å². The van der Waals surface area contributed by atoms with Gasteiger partial charge >= 0.3 is 0 Å². The monoisotopic (exact) mass is 442 g/mol. The topological polar surface area (TPSA) is 41.6 Å². The number of nitrogens with one attached hydrogen (secondary N) is 1. The molecule has 1 aliphatic heterocycles. The molecule has 0 atom stereocenters. The van der Waals surface area contributed by atoms with Gasteiger partial charge in [0, 0.05) is 22.5 Å². The van der Waals surface area contributed by atoms with E-state index < -0.39 is 11.6 Å². The van der Waals surface area contributed by atoms with Crippen molar-refractivity contribution in [3.8, 4) is 0 Å². The summed E-state index contributed by atoms with van der Waals surface area (Å²) in [6.45, 7) is 2.81. The van der Waals surface area contributed by atoms with Gasteiger partial charge in [-0.15, -0.1) is 11.8 Å². The molecule has 138 valence electrons. The molecule has 8 heteroatoms. The molecule has 0 aromatic heterocycles. The molecule has 1 saturated heterocycles. The minimum atomic E-state index is -0.919. The van der Waals surface area contributed by atoms with Gasteiger partial charge in [0.1, 0.15) is 0 Å². The first-order chi connectivity index (χ1) is 12.5. The van der Waals surface area contributed by atoms with Crippen molar-refractivity contribution in [3.05, 3.63) is 52.5 Å². The van der Waals surface area contributed by atoms with Crippen LogP contribution >= 0.6 is 27.7 Å². The van der Waals surface area contributed by atoms with Crippen molar-refractivity contribution in [2.45, 2.75) is 4.90 Å². The molecule has 0 aliphatic carbocycles. The molecule has 26 heavy (non-hydrogen) atoms. The lowest BCUT2D eigenvalue weighted by atomic mass is 10.2. The van der Waals surface area contributed by atoms with Crippen LogP contribution in [-0.4, -0.2) is 38.0 Å². The van der Waals surface area contributed by atoms with Crippen molar-refractivity contribution in [1.29, 1.82) is 0 Å². The first-order valence-electron chi connectivity index (χ1n) is 8.03. The molecule has 0 bridgehead atoms. The maximum Gasteiger partial charge on any atom is 0.234 e. The van der Waals surface area contributed by atoms with E-state index >= 15 is 0 Å². The number of carbonyl (C=O) groups is 1. The summed E-state index contributed by atoms with van der Waals surface area (Å²) in [5.41, 5.74) is 1.64. The molecule has 1 heterocycles. The highest BCUT2D eigenvalue weighted by Gasteiger charge is 2.16. The fourth-order valence-electron chi connectivity index (χ4n) is 2.59. The summed E-state index contributed by atoms with van der Waals surface area (Å²) in [6.07, 6.45) is 0. The van der Waals surface area contributed by atoms with E-state index in [1.54, 1.807) is 0 Å². The number of benzene rings is 2. The van der Waals surface area contributed by atoms with Crippen molar-refractivity contribution in [2.75, 3.05) is 42.3 Å². The fraction of sp³-hybridized carbons (Fsp3) is 0.278. The first-order valence-corrected chi connectivity index (χ1v) is 9.81. The smallest absolute Gasteiger partial charge is 0.234 e. The molecule has 2 aromatic rings. The Morgan fingerprint density at radius 2 is 1.92 bits per heavy atom. The summed E-state index contributed by atoms with van der Waals surface area (Å²) >= 11 is 4.58. The van der Waals surface area contributed by atoms with Gasteiger partial charge in [0.25, 0.3) is 0 Å². The molecule has 0 unspecified atom stereocenters. The Hall–Kier alpha value is -1.64. The lowest BCUT2D eigenvalue weighted by Crippen LogP contribution is -2.36. The fourth-order valence-corrected chi connectivity index (χ4v) is 3.67. The van der Waals surface area contributed by atoms with Crippen molar-refractivity contribution in [1.82, 2.24) is 0 Å². The zero-order chi connectivity index (χ0) is 18.5. The maximum atomic E-state index is 13.2. The van der Waals surface area contributed by atoms with Gasteiger partial charge in [-0.1, -0.05) is 15.9 Å². The third-order valence-electron chi connectivity index (χ3n) is 3.85. The number of rotatable bonds is 5. The maximum absolute atomic E-state index is 13.2. The molecule has 1 fully saturated rings. The van der Waals surface area contributed by atoms with Crippen LogP contribution in [0.4, 0.5) is 20.2 Å². The molecule has 1 amide bonds. The van der Waals surface area contributed by atoms with Gasteiger partial charge in [0.15, 0.2) is 11.6 Å². The highest BCUT2D eigenvalue weighted by molar-refractivity contribution is 9.10. The van der Waals surface area contributed by atoms with E-state index in [0.717, 1.165) is 47.1 Å². The summed E-state index contributed by atoms with van der Waals surface area (Å²) in [5, 5.41) is 2.90. The normalized spacial score (nSPS) is 14.3. The van der Waals surface area contributed by atoms with Crippen molar-refractivity contribution in [3.63, 3.8) is 0 Å². The van der Waals surface area contributed by atoms with Gasteiger partial charge < -0.3 is 15.0 Å². The number of amides is 1. The number of hydrogen-bond donors (Lipinski definition) is 1.